The largest absolute Gasteiger partial charge is 0.465 e. The van der Waals surface area contributed by atoms with E-state index >= 15 is 0 Å². The highest BCUT2D eigenvalue weighted by Crippen LogP contribution is 2.15. The van der Waals surface area contributed by atoms with Crippen LogP contribution in [0, 0.1) is 0 Å². The van der Waals surface area contributed by atoms with E-state index in [0.717, 1.165) is 5.56 Å². The van der Waals surface area contributed by atoms with E-state index in [0.29, 0.717) is 13.0 Å². The second-order valence-corrected chi connectivity index (χ2v) is 5.02. The van der Waals surface area contributed by atoms with Gasteiger partial charge in [0.1, 0.15) is 6.04 Å². The molecule has 1 aliphatic rings. The smallest absolute Gasteiger partial charge is 0.324 e. The van der Waals surface area contributed by atoms with E-state index in [-0.39, 0.29) is 24.0 Å². The Labute approximate surface area is 124 Å². The molecule has 2 rings (SSSR count). The Bertz CT molecular complexity index is 492. The standard InChI is InChI=1S/C15H21N3O3/c1-3-21-15(20)12-9-13(18-17-12)16-14(19)10(2)11-7-5-4-6-8-11/h4-8,10,12-13,17-18H,3,9H2,1-2H3,(H,16,19). The van der Waals surface area contributed by atoms with Gasteiger partial charge < -0.3 is 10.1 Å². The van der Waals surface area contributed by atoms with Gasteiger partial charge in [-0.3, -0.25) is 9.59 Å². The van der Waals surface area contributed by atoms with E-state index in [9.17, 15) is 9.59 Å². The van der Waals surface area contributed by atoms with Crippen LogP contribution in [0.25, 0.3) is 0 Å². The summed E-state index contributed by atoms with van der Waals surface area (Å²) in [6.45, 7) is 3.97. The molecule has 1 amide bonds. The Morgan fingerprint density at radius 2 is 2.05 bits per heavy atom. The summed E-state index contributed by atoms with van der Waals surface area (Å²) >= 11 is 0. The van der Waals surface area contributed by atoms with E-state index in [4.69, 9.17) is 4.74 Å². The van der Waals surface area contributed by atoms with Gasteiger partial charge in [-0.15, -0.1) is 0 Å². The van der Waals surface area contributed by atoms with Gasteiger partial charge in [0, 0.05) is 6.42 Å². The van der Waals surface area contributed by atoms with E-state index < -0.39 is 6.04 Å². The van der Waals surface area contributed by atoms with Crippen LogP contribution >= 0.6 is 0 Å². The van der Waals surface area contributed by atoms with Gasteiger partial charge in [-0.25, -0.2) is 10.9 Å². The van der Waals surface area contributed by atoms with Crippen LogP contribution in [0.15, 0.2) is 30.3 Å². The monoisotopic (exact) mass is 291 g/mol. The first-order valence-corrected chi connectivity index (χ1v) is 7.14. The number of benzene rings is 1. The van der Waals surface area contributed by atoms with Crippen molar-refractivity contribution in [3.8, 4) is 0 Å². The van der Waals surface area contributed by atoms with E-state index in [1.54, 1.807) is 6.92 Å². The van der Waals surface area contributed by atoms with Crippen LogP contribution in [0.2, 0.25) is 0 Å². The zero-order chi connectivity index (χ0) is 15.2. The number of rotatable bonds is 5. The summed E-state index contributed by atoms with van der Waals surface area (Å²) < 4.78 is 4.94. The second kappa shape index (κ2) is 7.19. The van der Waals surface area contributed by atoms with Crippen molar-refractivity contribution >= 4 is 11.9 Å². The fourth-order valence-corrected chi connectivity index (χ4v) is 2.24. The molecule has 3 unspecified atom stereocenters. The molecule has 6 nitrogen and oxygen atoms in total. The summed E-state index contributed by atoms with van der Waals surface area (Å²) in [5.74, 6) is -0.627. The van der Waals surface area contributed by atoms with Gasteiger partial charge >= 0.3 is 5.97 Å². The molecule has 0 aliphatic carbocycles. The van der Waals surface area contributed by atoms with Crippen LogP contribution in [-0.2, 0) is 14.3 Å². The van der Waals surface area contributed by atoms with Gasteiger partial charge in [-0.2, -0.15) is 0 Å². The number of carbonyl (C=O) groups excluding carboxylic acids is 2. The Morgan fingerprint density at radius 3 is 2.71 bits per heavy atom. The van der Waals surface area contributed by atoms with Crippen LogP contribution in [0.1, 0.15) is 31.7 Å². The molecule has 114 valence electrons. The molecule has 1 fully saturated rings. The number of hydrogen-bond donors (Lipinski definition) is 3. The summed E-state index contributed by atoms with van der Waals surface area (Å²) in [7, 11) is 0. The quantitative estimate of drug-likeness (QED) is 0.695. The maximum absolute atomic E-state index is 12.2. The lowest BCUT2D eigenvalue weighted by Crippen LogP contribution is -2.46. The molecule has 3 atom stereocenters. The molecule has 1 heterocycles. The van der Waals surface area contributed by atoms with Gasteiger partial charge in [0.15, 0.2) is 0 Å². The Morgan fingerprint density at radius 1 is 1.33 bits per heavy atom. The average molecular weight is 291 g/mol. The molecular formula is C15H21N3O3. The summed E-state index contributed by atoms with van der Waals surface area (Å²) in [4.78, 5) is 23.8. The van der Waals surface area contributed by atoms with Crippen LogP contribution < -0.4 is 16.2 Å². The van der Waals surface area contributed by atoms with E-state index in [1.165, 1.54) is 0 Å². The van der Waals surface area contributed by atoms with Crippen LogP contribution in [0.3, 0.4) is 0 Å². The van der Waals surface area contributed by atoms with Crippen LogP contribution in [-0.4, -0.2) is 30.7 Å². The molecule has 1 aromatic carbocycles. The third kappa shape index (κ3) is 4.03. The van der Waals surface area contributed by atoms with Gasteiger partial charge in [0.2, 0.25) is 5.91 Å². The molecule has 0 aromatic heterocycles. The fourth-order valence-electron chi connectivity index (χ4n) is 2.24. The first-order chi connectivity index (χ1) is 10.1. The van der Waals surface area contributed by atoms with Crippen molar-refractivity contribution in [2.24, 2.45) is 0 Å². The van der Waals surface area contributed by atoms with Crippen molar-refractivity contribution in [3.05, 3.63) is 35.9 Å². The van der Waals surface area contributed by atoms with Crippen molar-refractivity contribution in [2.45, 2.75) is 38.4 Å². The number of carbonyl (C=O) groups is 2. The maximum atomic E-state index is 12.2. The highest BCUT2D eigenvalue weighted by atomic mass is 16.5. The fraction of sp³-hybridized carbons (Fsp3) is 0.467. The number of hydrazine groups is 1. The first kappa shape index (κ1) is 15.5. The van der Waals surface area contributed by atoms with E-state index in [1.807, 2.05) is 37.3 Å². The molecule has 0 spiro atoms. The first-order valence-electron chi connectivity index (χ1n) is 7.14. The minimum Gasteiger partial charge on any atom is -0.465 e. The number of hydrogen-bond acceptors (Lipinski definition) is 5. The third-order valence-electron chi connectivity index (χ3n) is 3.48. The summed E-state index contributed by atoms with van der Waals surface area (Å²) in [6, 6.07) is 9.15. The predicted octanol–water partition coefficient (Wildman–Crippen LogP) is 0.662. The number of amides is 1. The lowest BCUT2D eigenvalue weighted by molar-refractivity contribution is -0.145. The number of nitrogens with one attached hydrogen (secondary N) is 3. The topological polar surface area (TPSA) is 79.5 Å². The molecular weight excluding hydrogens is 270 g/mol. The normalized spacial score (nSPS) is 22.6. The van der Waals surface area contributed by atoms with Gasteiger partial charge in [-0.1, -0.05) is 30.3 Å². The van der Waals surface area contributed by atoms with Crippen molar-refractivity contribution in [3.63, 3.8) is 0 Å². The molecule has 1 aromatic rings. The van der Waals surface area contributed by atoms with E-state index in [2.05, 4.69) is 16.2 Å². The van der Waals surface area contributed by atoms with Gasteiger partial charge in [0.05, 0.1) is 18.7 Å². The second-order valence-electron chi connectivity index (χ2n) is 5.02. The SMILES string of the molecule is CCOC(=O)C1CC(NC(=O)C(C)c2ccccc2)NN1. The molecule has 1 aliphatic heterocycles. The van der Waals surface area contributed by atoms with Crippen molar-refractivity contribution in [1.29, 1.82) is 0 Å². The van der Waals surface area contributed by atoms with Gasteiger partial charge in [0.25, 0.3) is 0 Å². The predicted molar refractivity (Wildman–Crippen MR) is 78.1 cm³/mol. The lowest BCUT2D eigenvalue weighted by atomic mass is 10.0. The van der Waals surface area contributed by atoms with Gasteiger partial charge in [-0.05, 0) is 19.4 Å². The zero-order valence-electron chi connectivity index (χ0n) is 12.3. The molecule has 6 heteroatoms. The highest BCUT2D eigenvalue weighted by Gasteiger charge is 2.31. The Hall–Kier alpha value is -1.92. The lowest BCUT2D eigenvalue weighted by Gasteiger charge is -2.16. The Balaban J connectivity index is 1.85. The number of ether oxygens (including phenoxy) is 1. The summed E-state index contributed by atoms with van der Waals surface area (Å²) in [5, 5.41) is 2.88. The molecule has 0 bridgehead atoms. The molecule has 3 N–H and O–H groups in total. The molecule has 21 heavy (non-hydrogen) atoms. The molecule has 1 saturated heterocycles. The van der Waals surface area contributed by atoms with Crippen molar-refractivity contribution in [2.75, 3.05) is 6.61 Å². The minimum absolute atomic E-state index is 0.0787. The molecule has 0 radical (unpaired) electrons. The highest BCUT2D eigenvalue weighted by molar-refractivity contribution is 5.83. The van der Waals surface area contributed by atoms with Crippen molar-refractivity contribution in [1.82, 2.24) is 16.2 Å². The summed E-state index contributed by atoms with van der Waals surface area (Å²) in [6.07, 6.45) is 0.185. The zero-order valence-corrected chi connectivity index (χ0v) is 12.3. The maximum Gasteiger partial charge on any atom is 0.324 e. The number of esters is 1. The molecule has 0 saturated carbocycles. The Kier molecular flexibility index (Phi) is 5.30. The average Bonchev–Trinajstić information content (AvgIpc) is 2.96. The minimum atomic E-state index is -0.428. The van der Waals surface area contributed by atoms with Crippen molar-refractivity contribution < 1.29 is 14.3 Å². The van der Waals surface area contributed by atoms with Crippen LogP contribution in [0.5, 0.6) is 0 Å². The third-order valence-corrected chi connectivity index (χ3v) is 3.48. The summed E-state index contributed by atoms with van der Waals surface area (Å²) in [5.41, 5.74) is 6.70. The van der Waals surface area contributed by atoms with Crippen LogP contribution in [0.4, 0.5) is 0 Å².